The van der Waals surface area contributed by atoms with Crippen LogP contribution in [0.15, 0.2) is 22.9 Å². The molecule has 1 rings (SSSR count). The molecule has 0 aliphatic carbocycles. The van der Waals surface area contributed by atoms with Crippen LogP contribution in [-0.2, 0) is 4.79 Å². The Balaban J connectivity index is 2.82. The molecule has 1 heterocycles. The van der Waals surface area contributed by atoms with Crippen molar-refractivity contribution in [2.45, 2.75) is 12.5 Å². The molecule has 4 nitrogen and oxygen atoms in total. The van der Waals surface area contributed by atoms with Gasteiger partial charge >= 0.3 is 5.97 Å². The minimum atomic E-state index is -1.04. The predicted molar refractivity (Wildman–Crippen MR) is 49.1 cm³/mol. The number of pyridine rings is 1. The van der Waals surface area contributed by atoms with Crippen molar-refractivity contribution in [1.82, 2.24) is 4.98 Å². The summed E-state index contributed by atoms with van der Waals surface area (Å²) in [6.45, 7) is 0. The highest BCUT2D eigenvalue weighted by atomic mass is 79.9. The van der Waals surface area contributed by atoms with E-state index in [0.717, 1.165) is 0 Å². The van der Waals surface area contributed by atoms with E-state index in [1.165, 1.54) is 0 Å². The number of hydrogen-bond acceptors (Lipinski definition) is 3. The topological polar surface area (TPSA) is 70.4 Å². The molecule has 0 aromatic carbocycles. The maximum absolute atomic E-state index is 10.3. The summed E-state index contributed by atoms with van der Waals surface area (Å²) in [5, 5.41) is 17.9. The Morgan fingerprint density at radius 3 is 2.92 bits per heavy atom. The molecule has 13 heavy (non-hydrogen) atoms. The Hall–Kier alpha value is -0.940. The fourth-order valence-electron chi connectivity index (χ4n) is 0.922. The number of carboxylic acid groups (broad SMARTS) is 1. The summed E-state index contributed by atoms with van der Waals surface area (Å²) in [5.74, 6) is -1.04. The van der Waals surface area contributed by atoms with Gasteiger partial charge in [-0.15, -0.1) is 0 Å². The zero-order chi connectivity index (χ0) is 9.84. The third kappa shape index (κ3) is 2.78. The second-order valence-electron chi connectivity index (χ2n) is 2.50. The van der Waals surface area contributed by atoms with E-state index in [-0.39, 0.29) is 6.42 Å². The summed E-state index contributed by atoms with van der Waals surface area (Å²) in [6.07, 6.45) is 0.228. The molecule has 0 amide bonds. The van der Waals surface area contributed by atoms with Gasteiger partial charge in [0.25, 0.3) is 0 Å². The van der Waals surface area contributed by atoms with Crippen LogP contribution in [0.1, 0.15) is 18.1 Å². The first-order valence-electron chi connectivity index (χ1n) is 3.61. The van der Waals surface area contributed by atoms with Gasteiger partial charge in [-0.05, 0) is 22.0 Å². The lowest BCUT2D eigenvalue weighted by Gasteiger charge is -2.08. The Bertz CT molecular complexity index is 316. The van der Waals surface area contributed by atoms with Crippen LogP contribution in [-0.4, -0.2) is 21.2 Å². The summed E-state index contributed by atoms with van der Waals surface area (Å²) in [4.78, 5) is 14.2. The largest absolute Gasteiger partial charge is 0.481 e. The van der Waals surface area contributed by atoms with E-state index in [1.807, 2.05) is 0 Å². The van der Waals surface area contributed by atoms with Crippen molar-refractivity contribution < 1.29 is 15.0 Å². The minimum Gasteiger partial charge on any atom is -0.481 e. The van der Waals surface area contributed by atoms with Crippen LogP contribution >= 0.6 is 15.9 Å². The number of halogens is 1. The third-order valence-electron chi connectivity index (χ3n) is 1.51. The molecule has 0 saturated carbocycles. The van der Waals surface area contributed by atoms with Gasteiger partial charge in [-0.1, -0.05) is 6.07 Å². The fraction of sp³-hybridized carbons (Fsp3) is 0.250. The van der Waals surface area contributed by atoms with E-state index >= 15 is 0 Å². The second-order valence-corrected chi connectivity index (χ2v) is 3.25. The van der Waals surface area contributed by atoms with Crippen molar-refractivity contribution in [1.29, 1.82) is 0 Å². The molecule has 1 aromatic heterocycles. The molecule has 0 aliphatic rings. The Morgan fingerprint density at radius 1 is 1.69 bits per heavy atom. The van der Waals surface area contributed by atoms with E-state index in [1.54, 1.807) is 18.3 Å². The number of aliphatic carboxylic acids is 1. The van der Waals surface area contributed by atoms with E-state index in [4.69, 9.17) is 5.11 Å². The highest BCUT2D eigenvalue weighted by molar-refractivity contribution is 9.10. The van der Waals surface area contributed by atoms with Crippen molar-refractivity contribution in [2.24, 2.45) is 0 Å². The van der Waals surface area contributed by atoms with Crippen molar-refractivity contribution in [2.75, 3.05) is 0 Å². The lowest BCUT2D eigenvalue weighted by molar-refractivity contribution is -0.139. The van der Waals surface area contributed by atoms with Crippen LogP contribution in [0.5, 0.6) is 0 Å². The molecule has 2 N–H and O–H groups in total. The third-order valence-corrected chi connectivity index (χ3v) is 2.18. The number of aliphatic hydroxyl groups is 1. The van der Waals surface area contributed by atoms with Crippen LogP contribution < -0.4 is 0 Å². The zero-order valence-electron chi connectivity index (χ0n) is 6.64. The molecule has 70 valence electrons. The molecular weight excluding hydrogens is 238 g/mol. The average molecular weight is 246 g/mol. The SMILES string of the molecule is O=C(O)CC(O)c1cccnc1Br. The van der Waals surface area contributed by atoms with Gasteiger partial charge < -0.3 is 10.2 Å². The van der Waals surface area contributed by atoms with Gasteiger partial charge in [0.2, 0.25) is 0 Å². The van der Waals surface area contributed by atoms with E-state index in [0.29, 0.717) is 10.2 Å². The smallest absolute Gasteiger partial charge is 0.306 e. The van der Waals surface area contributed by atoms with E-state index in [2.05, 4.69) is 20.9 Å². The molecular formula is C8H8BrNO3. The Labute approximate surface area is 83.4 Å². The van der Waals surface area contributed by atoms with Gasteiger partial charge in [0, 0.05) is 11.8 Å². The van der Waals surface area contributed by atoms with Crippen LogP contribution in [0.25, 0.3) is 0 Å². The quantitative estimate of drug-likeness (QED) is 0.790. The first kappa shape index (κ1) is 10.1. The Morgan fingerprint density at radius 2 is 2.38 bits per heavy atom. The fourth-order valence-corrected chi connectivity index (χ4v) is 1.44. The van der Waals surface area contributed by atoms with Crippen LogP contribution in [0.2, 0.25) is 0 Å². The Kier molecular flexibility index (Phi) is 3.39. The first-order valence-corrected chi connectivity index (χ1v) is 4.41. The maximum atomic E-state index is 10.3. The molecule has 0 radical (unpaired) electrons. The van der Waals surface area contributed by atoms with Gasteiger partial charge in [-0.3, -0.25) is 4.79 Å². The van der Waals surface area contributed by atoms with Crippen molar-refractivity contribution in [3.8, 4) is 0 Å². The molecule has 5 heteroatoms. The standard InChI is InChI=1S/C8H8BrNO3/c9-8-5(2-1-3-10-8)6(11)4-7(12)13/h1-3,6,11H,4H2,(H,12,13). The van der Waals surface area contributed by atoms with Crippen LogP contribution in [0.3, 0.4) is 0 Å². The summed E-state index contributed by atoms with van der Waals surface area (Å²) < 4.78 is 0.476. The number of carbonyl (C=O) groups is 1. The summed E-state index contributed by atoms with van der Waals surface area (Å²) in [7, 11) is 0. The van der Waals surface area contributed by atoms with Crippen LogP contribution in [0.4, 0.5) is 0 Å². The predicted octanol–water partition coefficient (Wildman–Crippen LogP) is 1.35. The number of carboxylic acids is 1. The average Bonchev–Trinajstić information content (AvgIpc) is 2.03. The molecule has 0 fully saturated rings. The molecule has 0 spiro atoms. The lowest BCUT2D eigenvalue weighted by atomic mass is 10.1. The zero-order valence-corrected chi connectivity index (χ0v) is 8.23. The highest BCUT2D eigenvalue weighted by Crippen LogP contribution is 2.22. The molecule has 1 aromatic rings. The number of aliphatic hydroxyl groups excluding tert-OH is 1. The van der Waals surface area contributed by atoms with Gasteiger partial charge in [0.15, 0.2) is 0 Å². The summed E-state index contributed by atoms with van der Waals surface area (Å²) >= 11 is 3.12. The van der Waals surface area contributed by atoms with E-state index < -0.39 is 12.1 Å². The van der Waals surface area contributed by atoms with E-state index in [9.17, 15) is 9.90 Å². The first-order chi connectivity index (χ1) is 6.11. The van der Waals surface area contributed by atoms with Crippen molar-refractivity contribution in [3.63, 3.8) is 0 Å². The van der Waals surface area contributed by atoms with Gasteiger partial charge in [-0.2, -0.15) is 0 Å². The van der Waals surface area contributed by atoms with Gasteiger partial charge in [-0.25, -0.2) is 4.98 Å². The van der Waals surface area contributed by atoms with Gasteiger partial charge in [0.1, 0.15) is 4.60 Å². The molecule has 0 saturated heterocycles. The van der Waals surface area contributed by atoms with Gasteiger partial charge in [0.05, 0.1) is 12.5 Å². The monoisotopic (exact) mass is 245 g/mol. The number of aromatic nitrogens is 1. The minimum absolute atomic E-state index is 0.315. The number of hydrogen-bond donors (Lipinski definition) is 2. The lowest BCUT2D eigenvalue weighted by Crippen LogP contribution is -2.06. The normalized spacial score (nSPS) is 12.5. The molecule has 0 aliphatic heterocycles. The molecule has 0 bridgehead atoms. The molecule has 1 unspecified atom stereocenters. The number of nitrogens with zero attached hydrogens (tertiary/aromatic N) is 1. The van der Waals surface area contributed by atoms with Crippen molar-refractivity contribution >= 4 is 21.9 Å². The highest BCUT2D eigenvalue weighted by Gasteiger charge is 2.14. The maximum Gasteiger partial charge on any atom is 0.306 e. The molecule has 1 atom stereocenters. The number of rotatable bonds is 3. The summed E-state index contributed by atoms with van der Waals surface area (Å²) in [6, 6.07) is 3.27. The van der Waals surface area contributed by atoms with Crippen LogP contribution in [0, 0.1) is 0 Å². The second kappa shape index (κ2) is 4.34. The van der Waals surface area contributed by atoms with Crippen molar-refractivity contribution in [3.05, 3.63) is 28.5 Å². The summed E-state index contributed by atoms with van der Waals surface area (Å²) in [5.41, 5.74) is 0.491.